The van der Waals surface area contributed by atoms with Gasteiger partial charge in [-0.2, -0.15) is 5.10 Å². The maximum Gasteiger partial charge on any atom is 0.293 e. The first kappa shape index (κ1) is 20.0. The Kier molecular flexibility index (Phi) is 5.35. The van der Waals surface area contributed by atoms with Crippen molar-refractivity contribution >= 4 is 22.7 Å². The average Bonchev–Trinajstić information content (AvgIpc) is 3.05. The van der Waals surface area contributed by atoms with Crippen molar-refractivity contribution in [3.8, 4) is 0 Å². The highest BCUT2D eigenvalue weighted by atomic mass is 16.1. The Balaban J connectivity index is 1.53. The minimum absolute atomic E-state index is 0.124. The summed E-state index contributed by atoms with van der Waals surface area (Å²) in [6, 6.07) is 0.140. The van der Waals surface area contributed by atoms with Crippen molar-refractivity contribution in [2.45, 2.75) is 51.7 Å². The largest absolute Gasteiger partial charge is 0.386 e. The summed E-state index contributed by atoms with van der Waals surface area (Å²) < 4.78 is 3.54. The fraction of sp³-hybridized carbons (Fsp3) is 0.545. The first-order valence-corrected chi connectivity index (χ1v) is 11.3. The van der Waals surface area contributed by atoms with Crippen LogP contribution in [0.2, 0.25) is 0 Å². The molecule has 2 aromatic heterocycles. The van der Waals surface area contributed by atoms with Crippen LogP contribution in [0.25, 0.3) is 11.0 Å². The number of rotatable bonds is 4. The molecule has 0 spiro atoms. The van der Waals surface area contributed by atoms with Gasteiger partial charge in [0.1, 0.15) is 11.0 Å². The van der Waals surface area contributed by atoms with E-state index in [9.17, 15) is 4.79 Å². The molecular weight excluding hydrogens is 392 g/mol. The van der Waals surface area contributed by atoms with Crippen molar-refractivity contribution in [3.63, 3.8) is 0 Å². The van der Waals surface area contributed by atoms with E-state index in [1.54, 1.807) is 6.20 Å². The van der Waals surface area contributed by atoms with Crippen LogP contribution in [0.1, 0.15) is 32.6 Å². The smallest absolute Gasteiger partial charge is 0.293 e. The molecule has 1 fully saturated rings. The topological polar surface area (TPSA) is 106 Å². The van der Waals surface area contributed by atoms with Crippen LogP contribution in [0.4, 0.5) is 5.95 Å². The Morgan fingerprint density at radius 2 is 2.26 bits per heavy atom. The van der Waals surface area contributed by atoms with E-state index >= 15 is 0 Å². The van der Waals surface area contributed by atoms with Gasteiger partial charge >= 0.3 is 0 Å². The molecule has 0 amide bonds. The normalized spacial score (nSPS) is 21.7. The summed E-state index contributed by atoms with van der Waals surface area (Å²) in [7, 11) is 0. The summed E-state index contributed by atoms with van der Waals surface area (Å²) in [4.78, 5) is 25.2. The summed E-state index contributed by atoms with van der Waals surface area (Å²) in [6.45, 7) is 6.26. The Bertz CT molecular complexity index is 1140. The van der Waals surface area contributed by atoms with E-state index < -0.39 is 0 Å². The van der Waals surface area contributed by atoms with Gasteiger partial charge in [0, 0.05) is 43.5 Å². The van der Waals surface area contributed by atoms with E-state index in [1.807, 2.05) is 11.5 Å². The van der Waals surface area contributed by atoms with Crippen LogP contribution in [0, 0.1) is 0 Å². The third-order valence-electron chi connectivity index (χ3n) is 6.32. The molecular formula is C22H30N8O. The Morgan fingerprint density at radius 1 is 1.35 bits per heavy atom. The molecule has 3 aliphatic rings. The van der Waals surface area contributed by atoms with Crippen LogP contribution in [0.15, 0.2) is 39.4 Å². The zero-order chi connectivity index (χ0) is 21.4. The first-order chi connectivity index (χ1) is 15.2. The van der Waals surface area contributed by atoms with Gasteiger partial charge in [0.05, 0.1) is 25.0 Å². The number of imidazole rings is 1. The third kappa shape index (κ3) is 3.67. The second kappa shape index (κ2) is 8.30. The number of piperidine rings is 1. The number of aliphatic imine (C=N–C) groups is 1. The summed E-state index contributed by atoms with van der Waals surface area (Å²) in [6.07, 6.45) is 10.1. The molecule has 2 aliphatic heterocycles. The van der Waals surface area contributed by atoms with Gasteiger partial charge in [-0.3, -0.25) is 9.79 Å². The lowest BCUT2D eigenvalue weighted by molar-refractivity contribution is 0.494. The SMILES string of the molecule is CCn1c(N2CCCC(N)C2)nc2cnn(CC3=NCCNC4=C3C=CCC4)c(=O)c21. The molecule has 164 valence electrons. The lowest BCUT2D eigenvalue weighted by atomic mass is 9.99. The lowest BCUT2D eigenvalue weighted by Crippen LogP contribution is -2.44. The molecule has 1 atom stereocenters. The van der Waals surface area contributed by atoms with Gasteiger partial charge in [0.2, 0.25) is 5.95 Å². The minimum Gasteiger partial charge on any atom is -0.386 e. The Labute approximate surface area is 181 Å². The monoisotopic (exact) mass is 422 g/mol. The molecule has 4 heterocycles. The van der Waals surface area contributed by atoms with Crippen LogP contribution in [0.5, 0.6) is 0 Å². The number of nitrogens with one attached hydrogen (secondary N) is 1. The molecule has 1 aliphatic carbocycles. The molecule has 3 N–H and O–H groups in total. The van der Waals surface area contributed by atoms with Gasteiger partial charge in [0.25, 0.3) is 5.56 Å². The quantitative estimate of drug-likeness (QED) is 0.767. The Hall–Kier alpha value is -2.94. The first-order valence-electron chi connectivity index (χ1n) is 11.3. The molecule has 0 aromatic carbocycles. The lowest BCUT2D eigenvalue weighted by Gasteiger charge is -2.31. The zero-order valence-corrected chi connectivity index (χ0v) is 18.0. The molecule has 0 radical (unpaired) electrons. The number of allylic oxidation sites excluding steroid dienone is 4. The van der Waals surface area contributed by atoms with Crippen LogP contribution < -0.4 is 21.5 Å². The molecule has 9 heteroatoms. The zero-order valence-electron chi connectivity index (χ0n) is 18.0. The predicted octanol–water partition coefficient (Wildman–Crippen LogP) is 1.19. The fourth-order valence-corrected chi connectivity index (χ4v) is 4.80. The van der Waals surface area contributed by atoms with Gasteiger partial charge in [0.15, 0.2) is 0 Å². The summed E-state index contributed by atoms with van der Waals surface area (Å²) in [5.74, 6) is 0.820. The highest BCUT2D eigenvalue weighted by Gasteiger charge is 2.24. The second-order valence-corrected chi connectivity index (χ2v) is 8.43. The molecule has 5 rings (SSSR count). The molecule has 0 bridgehead atoms. The van der Waals surface area contributed by atoms with Gasteiger partial charge < -0.3 is 20.5 Å². The second-order valence-electron chi connectivity index (χ2n) is 8.43. The number of anilines is 1. The van der Waals surface area contributed by atoms with Crippen LogP contribution in [-0.4, -0.2) is 57.3 Å². The van der Waals surface area contributed by atoms with Crippen LogP contribution in [-0.2, 0) is 13.1 Å². The van der Waals surface area contributed by atoms with Gasteiger partial charge in [-0.25, -0.2) is 9.67 Å². The highest BCUT2D eigenvalue weighted by Crippen LogP contribution is 2.24. The minimum atomic E-state index is -0.124. The van der Waals surface area contributed by atoms with Gasteiger partial charge in [-0.1, -0.05) is 12.2 Å². The van der Waals surface area contributed by atoms with E-state index in [1.165, 1.54) is 10.4 Å². The van der Waals surface area contributed by atoms with E-state index in [0.29, 0.717) is 30.7 Å². The molecule has 31 heavy (non-hydrogen) atoms. The molecule has 9 nitrogen and oxygen atoms in total. The maximum atomic E-state index is 13.5. The number of hydrogen-bond acceptors (Lipinski definition) is 7. The molecule has 2 aromatic rings. The standard InChI is InChI=1S/C22H30N8O/c1-2-29-20-18(27-22(29)28-11-5-6-15(23)13-28)12-26-30(21(20)31)14-19-16-7-3-4-8-17(16)24-9-10-25-19/h3,7,12,15,24H,2,4-6,8-11,13-14,23H2,1H3. The van der Waals surface area contributed by atoms with Crippen LogP contribution >= 0.6 is 0 Å². The average molecular weight is 423 g/mol. The van der Waals surface area contributed by atoms with E-state index in [0.717, 1.165) is 62.6 Å². The third-order valence-corrected chi connectivity index (χ3v) is 6.32. The number of hydrogen-bond donors (Lipinski definition) is 2. The Morgan fingerprint density at radius 3 is 3.10 bits per heavy atom. The molecule has 1 unspecified atom stereocenters. The number of fused-ring (bicyclic) bond motifs is 1. The summed E-state index contributed by atoms with van der Waals surface area (Å²) in [5, 5.41) is 7.94. The predicted molar refractivity (Wildman–Crippen MR) is 123 cm³/mol. The van der Waals surface area contributed by atoms with E-state index in [2.05, 4.69) is 27.5 Å². The number of aryl methyl sites for hydroxylation is 1. The summed E-state index contributed by atoms with van der Waals surface area (Å²) in [5.41, 5.74) is 10.5. The van der Waals surface area contributed by atoms with E-state index in [-0.39, 0.29) is 11.6 Å². The van der Waals surface area contributed by atoms with Gasteiger partial charge in [-0.15, -0.1) is 0 Å². The maximum absolute atomic E-state index is 13.5. The van der Waals surface area contributed by atoms with Crippen molar-refractivity contribution in [1.82, 2.24) is 24.6 Å². The summed E-state index contributed by atoms with van der Waals surface area (Å²) >= 11 is 0. The van der Waals surface area contributed by atoms with E-state index in [4.69, 9.17) is 15.7 Å². The number of aromatic nitrogens is 4. The van der Waals surface area contributed by atoms with Crippen molar-refractivity contribution in [2.24, 2.45) is 10.7 Å². The van der Waals surface area contributed by atoms with Crippen molar-refractivity contribution < 1.29 is 0 Å². The van der Waals surface area contributed by atoms with Gasteiger partial charge in [-0.05, 0) is 32.6 Å². The highest BCUT2D eigenvalue weighted by molar-refractivity contribution is 6.03. The van der Waals surface area contributed by atoms with Crippen molar-refractivity contribution in [2.75, 3.05) is 31.1 Å². The molecule has 1 saturated heterocycles. The number of nitrogens with two attached hydrogens (primary N) is 1. The van der Waals surface area contributed by atoms with Crippen molar-refractivity contribution in [1.29, 1.82) is 0 Å². The fourth-order valence-electron chi connectivity index (χ4n) is 4.80. The van der Waals surface area contributed by atoms with Crippen molar-refractivity contribution in [3.05, 3.63) is 40.0 Å². The molecule has 0 saturated carbocycles. The number of nitrogens with zero attached hydrogens (tertiary/aromatic N) is 6. The van der Waals surface area contributed by atoms with Crippen LogP contribution in [0.3, 0.4) is 0 Å².